The number of rotatable bonds is 7. The van der Waals surface area contributed by atoms with Gasteiger partial charge in [-0.05, 0) is 84.5 Å². The van der Waals surface area contributed by atoms with Gasteiger partial charge in [0, 0.05) is 35.6 Å². The summed E-state index contributed by atoms with van der Waals surface area (Å²) < 4.78 is 0. The maximum atomic E-state index is 13.1. The lowest BCUT2D eigenvalue weighted by molar-refractivity contribution is 0.101. The highest BCUT2D eigenvalue weighted by atomic mass is 16.2. The van der Waals surface area contributed by atoms with Crippen LogP contribution >= 0.6 is 0 Å². The van der Waals surface area contributed by atoms with Gasteiger partial charge in [0.1, 0.15) is 0 Å². The van der Waals surface area contributed by atoms with Crippen LogP contribution in [-0.4, -0.2) is 41.7 Å². The molecule has 0 atom stereocenters. The van der Waals surface area contributed by atoms with E-state index in [0.29, 0.717) is 53.3 Å². The fourth-order valence-electron chi connectivity index (χ4n) is 4.50. The minimum Gasteiger partial charge on any atom is -0.370 e. The lowest BCUT2D eigenvalue weighted by Crippen LogP contribution is -2.39. The molecule has 3 aromatic rings. The van der Waals surface area contributed by atoms with Crippen molar-refractivity contribution in [1.82, 2.24) is 4.90 Å². The summed E-state index contributed by atoms with van der Waals surface area (Å²) in [4.78, 5) is 31.9. The number of guanidine groups is 2. The van der Waals surface area contributed by atoms with Crippen molar-refractivity contribution in [2.45, 2.75) is 26.8 Å². The van der Waals surface area contributed by atoms with Crippen molar-refractivity contribution in [3.63, 3.8) is 0 Å². The first-order valence-corrected chi connectivity index (χ1v) is 12.9. The van der Waals surface area contributed by atoms with E-state index in [9.17, 15) is 9.59 Å². The third-order valence-corrected chi connectivity index (χ3v) is 6.78. The lowest BCUT2D eigenvalue weighted by Gasteiger charge is -2.26. The van der Waals surface area contributed by atoms with E-state index in [1.165, 1.54) is 5.57 Å². The van der Waals surface area contributed by atoms with Crippen LogP contribution in [0.5, 0.6) is 0 Å². The van der Waals surface area contributed by atoms with Crippen LogP contribution in [0.4, 0.5) is 11.4 Å². The number of carbonyl (C=O) groups excluding carboxylic acids is 2. The molecule has 4 rings (SSSR count). The SMILES string of the molecule is Cc1cc(C(=O)Nc2ccc(C3=CCN(C(=N)N)CC3)cc2)c(C)cc1C(=O)Nc1ccc(CN=C(N)N)cc1. The van der Waals surface area contributed by atoms with Gasteiger partial charge in [-0.2, -0.15) is 0 Å². The zero-order valence-electron chi connectivity index (χ0n) is 22.6. The number of nitrogens with zero attached hydrogens (tertiary/aromatic N) is 2. The Morgan fingerprint density at radius 1 is 0.875 bits per heavy atom. The van der Waals surface area contributed by atoms with Crippen molar-refractivity contribution in [3.05, 3.63) is 100 Å². The van der Waals surface area contributed by atoms with Gasteiger partial charge in [-0.15, -0.1) is 0 Å². The molecule has 0 fully saturated rings. The predicted molar refractivity (Wildman–Crippen MR) is 160 cm³/mol. The Kier molecular flexibility index (Phi) is 8.48. The van der Waals surface area contributed by atoms with E-state index in [2.05, 4.69) is 21.7 Å². The number of hydrogen-bond donors (Lipinski definition) is 6. The Morgan fingerprint density at radius 3 is 1.85 bits per heavy atom. The quantitative estimate of drug-likeness (QED) is 0.198. The third-order valence-electron chi connectivity index (χ3n) is 6.78. The number of hydrogen-bond acceptors (Lipinski definition) is 4. The van der Waals surface area contributed by atoms with Gasteiger partial charge in [-0.3, -0.25) is 15.0 Å². The average Bonchev–Trinajstić information content (AvgIpc) is 2.94. The van der Waals surface area contributed by atoms with Crippen LogP contribution in [0.2, 0.25) is 0 Å². The van der Waals surface area contributed by atoms with E-state index in [4.69, 9.17) is 22.6 Å². The second-order valence-corrected chi connectivity index (χ2v) is 9.72. The van der Waals surface area contributed by atoms with Gasteiger partial charge in [-0.25, -0.2) is 4.99 Å². The maximum Gasteiger partial charge on any atom is 0.255 e. The molecule has 0 saturated carbocycles. The Hall–Kier alpha value is -5.12. The summed E-state index contributed by atoms with van der Waals surface area (Å²) >= 11 is 0. The van der Waals surface area contributed by atoms with Gasteiger partial charge in [0.25, 0.3) is 11.8 Å². The first-order chi connectivity index (χ1) is 19.1. The molecule has 2 amide bonds. The van der Waals surface area contributed by atoms with Crippen LogP contribution in [-0.2, 0) is 6.54 Å². The topological polar surface area (TPSA) is 176 Å². The molecule has 0 unspecified atom stereocenters. The summed E-state index contributed by atoms with van der Waals surface area (Å²) in [6.45, 7) is 5.31. The minimum atomic E-state index is -0.261. The Bertz CT molecular complexity index is 1490. The van der Waals surface area contributed by atoms with E-state index >= 15 is 0 Å². The summed E-state index contributed by atoms with van der Waals surface area (Å²) in [7, 11) is 0. The molecule has 0 aromatic heterocycles. The standard InChI is InChI=1S/C30H34N8O2/c1-18-16-26(19(2)15-25(18)27(39)36-23-7-3-20(4-8-23)17-35-29(31)32)28(40)37-24-9-5-21(6-10-24)22-11-13-38(14-12-22)30(33)34/h3-11,15-16H,12-14,17H2,1-2H3,(H3,33,34)(H,36,39)(H,37,40)(H4,31,32,35). The van der Waals surface area contributed by atoms with E-state index in [0.717, 1.165) is 17.5 Å². The van der Waals surface area contributed by atoms with Gasteiger partial charge < -0.3 is 32.7 Å². The predicted octanol–water partition coefficient (Wildman–Crippen LogP) is 3.56. The number of aliphatic imine (C=N–C) groups is 1. The van der Waals surface area contributed by atoms with Crippen LogP contribution in [0.25, 0.3) is 5.57 Å². The third kappa shape index (κ3) is 6.84. The van der Waals surface area contributed by atoms with Gasteiger partial charge in [-0.1, -0.05) is 30.3 Å². The summed E-state index contributed by atoms with van der Waals surface area (Å²) in [5.41, 5.74) is 23.2. The van der Waals surface area contributed by atoms with Gasteiger partial charge >= 0.3 is 0 Å². The summed E-state index contributed by atoms with van der Waals surface area (Å²) in [5, 5.41) is 13.4. The number of benzene rings is 3. The van der Waals surface area contributed by atoms with Crippen molar-refractivity contribution < 1.29 is 9.59 Å². The van der Waals surface area contributed by atoms with E-state index in [1.807, 2.05) is 55.1 Å². The van der Waals surface area contributed by atoms with Crippen LogP contribution in [0.3, 0.4) is 0 Å². The van der Waals surface area contributed by atoms with Crippen LogP contribution in [0.1, 0.15) is 49.4 Å². The zero-order valence-corrected chi connectivity index (χ0v) is 22.6. The molecule has 0 spiro atoms. The summed E-state index contributed by atoms with van der Waals surface area (Å²) in [5.74, 6) is -0.400. The number of nitrogens with one attached hydrogen (secondary N) is 3. The average molecular weight is 539 g/mol. The van der Waals surface area contributed by atoms with Crippen molar-refractivity contribution in [1.29, 1.82) is 5.41 Å². The monoisotopic (exact) mass is 538 g/mol. The Labute approximate surface area is 233 Å². The van der Waals surface area contributed by atoms with Crippen molar-refractivity contribution in [2.75, 3.05) is 23.7 Å². The van der Waals surface area contributed by atoms with Gasteiger partial charge in [0.15, 0.2) is 11.9 Å². The maximum absolute atomic E-state index is 13.1. The molecule has 1 heterocycles. The van der Waals surface area contributed by atoms with E-state index < -0.39 is 0 Å². The molecule has 1 aliphatic rings. The molecule has 1 aliphatic heterocycles. The largest absolute Gasteiger partial charge is 0.370 e. The molecular formula is C30H34N8O2. The number of aryl methyl sites for hydroxylation is 2. The fourth-order valence-corrected chi connectivity index (χ4v) is 4.50. The molecule has 3 aromatic carbocycles. The van der Waals surface area contributed by atoms with Crippen LogP contribution in [0.15, 0.2) is 71.7 Å². The molecule has 0 saturated heterocycles. The first kappa shape index (κ1) is 27.9. The number of nitrogens with two attached hydrogens (primary N) is 3. The van der Waals surface area contributed by atoms with Crippen molar-refractivity contribution in [2.24, 2.45) is 22.2 Å². The highest BCUT2D eigenvalue weighted by molar-refractivity contribution is 6.09. The minimum absolute atomic E-state index is 0.0231. The number of amides is 2. The molecule has 40 heavy (non-hydrogen) atoms. The van der Waals surface area contributed by atoms with Crippen molar-refractivity contribution in [3.8, 4) is 0 Å². The lowest BCUT2D eigenvalue weighted by atomic mass is 9.98. The number of carbonyl (C=O) groups is 2. The van der Waals surface area contributed by atoms with Gasteiger partial charge in [0.2, 0.25) is 0 Å². The molecule has 10 heteroatoms. The van der Waals surface area contributed by atoms with E-state index in [-0.39, 0.29) is 23.7 Å². The van der Waals surface area contributed by atoms with Crippen LogP contribution in [0, 0.1) is 19.3 Å². The molecule has 0 aliphatic carbocycles. The Balaban J connectivity index is 1.40. The first-order valence-electron chi connectivity index (χ1n) is 12.9. The molecular weight excluding hydrogens is 504 g/mol. The number of anilines is 2. The highest BCUT2D eigenvalue weighted by Crippen LogP contribution is 2.25. The molecule has 9 N–H and O–H groups in total. The highest BCUT2D eigenvalue weighted by Gasteiger charge is 2.17. The molecule has 206 valence electrons. The second kappa shape index (κ2) is 12.2. The fraction of sp³-hybridized carbons (Fsp3) is 0.200. The summed E-state index contributed by atoms with van der Waals surface area (Å²) in [6.07, 6.45) is 2.88. The van der Waals surface area contributed by atoms with Crippen LogP contribution < -0.4 is 27.8 Å². The molecule has 0 bridgehead atoms. The molecule has 10 nitrogen and oxygen atoms in total. The van der Waals surface area contributed by atoms with Crippen molar-refractivity contribution >= 4 is 40.7 Å². The molecule has 0 radical (unpaired) electrons. The second-order valence-electron chi connectivity index (χ2n) is 9.72. The summed E-state index contributed by atoms with van der Waals surface area (Å²) in [6, 6.07) is 18.4. The van der Waals surface area contributed by atoms with E-state index in [1.54, 1.807) is 24.3 Å². The normalized spacial score (nSPS) is 12.8. The smallest absolute Gasteiger partial charge is 0.255 e. The Morgan fingerprint density at radius 2 is 1.40 bits per heavy atom. The van der Waals surface area contributed by atoms with Gasteiger partial charge in [0.05, 0.1) is 6.54 Å². The zero-order chi connectivity index (χ0) is 28.8.